The summed E-state index contributed by atoms with van der Waals surface area (Å²) in [6, 6.07) is 8.24. The van der Waals surface area contributed by atoms with Gasteiger partial charge in [-0.05, 0) is 18.9 Å². The van der Waals surface area contributed by atoms with Crippen LogP contribution in [0.4, 0.5) is 16.6 Å². The van der Waals surface area contributed by atoms with Crippen molar-refractivity contribution in [3.8, 4) is 0 Å². The van der Waals surface area contributed by atoms with Crippen LogP contribution in [0.2, 0.25) is 0 Å². The number of anilines is 2. The van der Waals surface area contributed by atoms with Crippen LogP contribution in [0.25, 0.3) is 0 Å². The average molecular weight is 484 g/mol. The Kier molecular flexibility index (Phi) is 9.22. The smallest absolute Gasteiger partial charge is 0.407 e. The maximum absolute atomic E-state index is 12.6. The van der Waals surface area contributed by atoms with E-state index < -0.39 is 23.8 Å². The van der Waals surface area contributed by atoms with E-state index in [-0.39, 0.29) is 19.6 Å². The number of rotatable bonds is 13. The van der Waals surface area contributed by atoms with Crippen LogP contribution in [0.15, 0.2) is 53.7 Å². The number of carboxylic acids is 1. The van der Waals surface area contributed by atoms with Gasteiger partial charge in [0.05, 0.1) is 12.5 Å². The number of carbonyl (C=O) groups excluding carboxylic acids is 1. The van der Waals surface area contributed by atoms with Crippen LogP contribution in [0.1, 0.15) is 24.0 Å². The molecule has 12 nitrogen and oxygen atoms in total. The van der Waals surface area contributed by atoms with Crippen LogP contribution in [-0.4, -0.2) is 55.8 Å². The van der Waals surface area contributed by atoms with Crippen LogP contribution in [-0.2, 0) is 22.7 Å². The van der Waals surface area contributed by atoms with E-state index >= 15 is 0 Å². The predicted molar refractivity (Wildman–Crippen MR) is 129 cm³/mol. The summed E-state index contributed by atoms with van der Waals surface area (Å²) in [5, 5.41) is 18.0. The lowest BCUT2D eigenvalue weighted by molar-refractivity contribution is -0.137. The van der Waals surface area contributed by atoms with E-state index in [4.69, 9.17) is 4.74 Å². The minimum Gasteiger partial charge on any atom is -0.481 e. The topological polar surface area (TPSA) is 163 Å². The van der Waals surface area contributed by atoms with E-state index in [1.54, 1.807) is 37.6 Å². The first-order valence-electron chi connectivity index (χ1n) is 11.1. The lowest BCUT2D eigenvalue weighted by atomic mass is 10.2. The van der Waals surface area contributed by atoms with E-state index in [0.29, 0.717) is 30.4 Å². The molecule has 0 aliphatic rings. The van der Waals surface area contributed by atoms with Gasteiger partial charge in [-0.1, -0.05) is 30.3 Å². The van der Waals surface area contributed by atoms with Crippen LogP contribution in [0.5, 0.6) is 0 Å². The molecule has 0 saturated carbocycles. The number of imidazole rings is 1. The van der Waals surface area contributed by atoms with Crippen LogP contribution < -0.4 is 21.6 Å². The molecule has 5 N–H and O–H groups in total. The number of hydrogen-bond acceptors (Lipinski definition) is 8. The van der Waals surface area contributed by atoms with Crippen molar-refractivity contribution in [2.45, 2.75) is 39.0 Å². The molecule has 0 bridgehead atoms. The Balaban J connectivity index is 1.53. The predicted octanol–water partition coefficient (Wildman–Crippen LogP) is 1.96. The molecule has 2 heterocycles. The molecule has 0 radical (unpaired) electrons. The number of aliphatic carboxylic acids is 1. The highest BCUT2D eigenvalue weighted by Gasteiger charge is 2.19. The minimum atomic E-state index is -1.11. The summed E-state index contributed by atoms with van der Waals surface area (Å²) in [7, 11) is 0. The van der Waals surface area contributed by atoms with Gasteiger partial charge in [-0.25, -0.2) is 14.6 Å². The van der Waals surface area contributed by atoms with Crippen molar-refractivity contribution in [1.82, 2.24) is 24.8 Å². The molecule has 0 fully saturated rings. The fraction of sp³-hybridized carbons (Fsp3) is 0.348. The first-order chi connectivity index (χ1) is 16.9. The first-order valence-corrected chi connectivity index (χ1v) is 11.1. The van der Waals surface area contributed by atoms with Crippen molar-refractivity contribution in [3.05, 3.63) is 70.5 Å². The molecule has 0 aliphatic heterocycles. The van der Waals surface area contributed by atoms with E-state index in [0.717, 1.165) is 12.0 Å². The summed E-state index contributed by atoms with van der Waals surface area (Å²) < 4.78 is 6.45. The fourth-order valence-corrected chi connectivity index (χ4v) is 3.31. The third-order valence-corrected chi connectivity index (χ3v) is 4.99. The van der Waals surface area contributed by atoms with Crippen LogP contribution in [0.3, 0.4) is 0 Å². The number of nitrogens with zero attached hydrogens (tertiary/aromatic N) is 3. The monoisotopic (exact) mass is 483 g/mol. The first kappa shape index (κ1) is 25.3. The zero-order chi connectivity index (χ0) is 25.0. The van der Waals surface area contributed by atoms with Crippen molar-refractivity contribution < 1.29 is 19.4 Å². The van der Waals surface area contributed by atoms with Gasteiger partial charge in [0.25, 0.3) is 0 Å². The second-order valence-corrected chi connectivity index (χ2v) is 7.85. The molecule has 0 aliphatic carbocycles. The Morgan fingerprint density at radius 2 is 1.97 bits per heavy atom. The van der Waals surface area contributed by atoms with Gasteiger partial charge in [-0.3, -0.25) is 9.36 Å². The molecule has 12 heteroatoms. The number of amides is 1. The number of hydrogen-bond donors (Lipinski definition) is 5. The summed E-state index contributed by atoms with van der Waals surface area (Å²) in [6.07, 6.45) is 4.60. The number of aromatic amines is 1. The number of benzene rings is 1. The van der Waals surface area contributed by atoms with Crippen LogP contribution in [0, 0.1) is 6.92 Å². The molecule has 35 heavy (non-hydrogen) atoms. The molecule has 186 valence electrons. The number of aromatic nitrogens is 4. The van der Waals surface area contributed by atoms with Gasteiger partial charge >= 0.3 is 17.8 Å². The van der Waals surface area contributed by atoms with Gasteiger partial charge in [-0.2, -0.15) is 4.98 Å². The van der Waals surface area contributed by atoms with Gasteiger partial charge < -0.3 is 30.8 Å². The maximum Gasteiger partial charge on any atom is 0.407 e. The molecule has 2 aromatic heterocycles. The molecule has 0 saturated heterocycles. The van der Waals surface area contributed by atoms with Crippen molar-refractivity contribution in [2.75, 3.05) is 23.7 Å². The van der Waals surface area contributed by atoms with Crippen molar-refractivity contribution >= 4 is 23.8 Å². The lowest BCUT2D eigenvalue weighted by Gasteiger charge is -2.19. The normalized spacial score (nSPS) is 11.5. The number of carbonyl (C=O) groups is 2. The van der Waals surface area contributed by atoms with Gasteiger partial charge in [0.2, 0.25) is 0 Å². The Morgan fingerprint density at radius 1 is 1.20 bits per heavy atom. The van der Waals surface area contributed by atoms with Crippen molar-refractivity contribution in [3.63, 3.8) is 0 Å². The number of H-pyrrole nitrogens is 1. The van der Waals surface area contributed by atoms with Crippen LogP contribution >= 0.6 is 0 Å². The summed E-state index contributed by atoms with van der Waals surface area (Å²) in [5.74, 6) is 0.0298. The number of aryl methyl sites for hydroxylation is 1. The number of carboxylic acid groups (broad SMARTS) is 1. The zero-order valence-electron chi connectivity index (χ0n) is 19.4. The Hall–Kier alpha value is -4.35. The maximum atomic E-state index is 12.6. The van der Waals surface area contributed by atoms with Crippen molar-refractivity contribution in [1.29, 1.82) is 0 Å². The quantitative estimate of drug-likeness (QED) is 0.229. The van der Waals surface area contributed by atoms with E-state index in [1.807, 2.05) is 18.2 Å². The highest BCUT2D eigenvalue weighted by molar-refractivity contribution is 5.71. The fourth-order valence-electron chi connectivity index (χ4n) is 3.31. The van der Waals surface area contributed by atoms with Gasteiger partial charge in [0, 0.05) is 43.8 Å². The van der Waals surface area contributed by atoms with E-state index in [2.05, 4.69) is 30.9 Å². The Bertz CT molecular complexity index is 1150. The van der Waals surface area contributed by atoms with E-state index in [1.165, 1.54) is 4.57 Å². The third kappa shape index (κ3) is 8.50. The molecule has 1 aromatic carbocycles. The largest absolute Gasteiger partial charge is 0.481 e. The molecule has 3 rings (SSSR count). The lowest BCUT2D eigenvalue weighted by Crippen LogP contribution is -2.42. The summed E-state index contributed by atoms with van der Waals surface area (Å²) in [5.41, 5.74) is 0.958. The van der Waals surface area contributed by atoms with Gasteiger partial charge in [-0.15, -0.1) is 0 Å². The Labute approximate surface area is 201 Å². The van der Waals surface area contributed by atoms with Gasteiger partial charge in [0.15, 0.2) is 5.95 Å². The van der Waals surface area contributed by atoms with E-state index in [9.17, 15) is 19.5 Å². The molecule has 1 atom stereocenters. The standard InChI is InChI=1S/C23H29N7O5/c1-16-13-30(22(33)29-20(16)24-8-5-9-25-21-26-10-11-27-21)14-18(12-19(31)32)28-23(34)35-15-17-6-3-2-4-7-17/h2-4,6-7,10-11,13,18H,5,8-9,12,14-15H2,1H3,(H,28,34)(H,31,32)(H,24,29,33)(H2,25,26,27)/t18-/m1/s1. The molecule has 0 unspecified atom stereocenters. The summed E-state index contributed by atoms with van der Waals surface area (Å²) in [4.78, 5) is 47.2. The Morgan fingerprint density at radius 3 is 2.69 bits per heavy atom. The second kappa shape index (κ2) is 12.8. The molecular formula is C23H29N7O5. The molecular weight excluding hydrogens is 454 g/mol. The zero-order valence-corrected chi connectivity index (χ0v) is 19.4. The molecule has 0 spiro atoms. The molecule has 1 amide bonds. The SMILES string of the molecule is Cc1cn(C[C@@H](CC(=O)O)NC(=O)OCc2ccccc2)c(=O)nc1NCCCNc1ncc[nH]1. The third-order valence-electron chi connectivity index (χ3n) is 4.99. The average Bonchev–Trinajstić information content (AvgIpc) is 3.34. The minimum absolute atomic E-state index is 0.0461. The number of alkyl carbamates (subject to hydrolysis) is 1. The summed E-state index contributed by atoms with van der Waals surface area (Å²) >= 11 is 0. The highest BCUT2D eigenvalue weighted by Crippen LogP contribution is 2.09. The van der Waals surface area contributed by atoms with Gasteiger partial charge in [0.1, 0.15) is 12.4 Å². The van der Waals surface area contributed by atoms with Crippen molar-refractivity contribution in [2.24, 2.45) is 0 Å². The second-order valence-electron chi connectivity index (χ2n) is 7.85. The highest BCUT2D eigenvalue weighted by atomic mass is 16.5. The number of ether oxygens (including phenoxy) is 1. The molecule has 3 aromatic rings. The summed E-state index contributed by atoms with van der Waals surface area (Å²) in [6.45, 7) is 3.04. The number of nitrogens with one attached hydrogen (secondary N) is 4.